The Labute approximate surface area is 490 Å². The Morgan fingerprint density at radius 3 is 1.06 bits per heavy atom. The molecule has 0 aromatic carbocycles. The molecule has 0 aliphatic carbocycles. The largest absolute Gasteiger partial charge is 0.472 e. The van der Waals surface area contributed by atoms with E-state index in [1.54, 1.807) is 0 Å². The van der Waals surface area contributed by atoms with Gasteiger partial charge < -0.3 is 34.2 Å². The summed E-state index contributed by atoms with van der Waals surface area (Å²) < 4.78 is 60.7. The topological polar surface area (TPSA) is 231 Å². The summed E-state index contributed by atoms with van der Waals surface area (Å²) in [5.74, 6) is -1.59. The van der Waals surface area contributed by atoms with Crippen LogP contribution in [0.5, 0.6) is 0 Å². The summed E-state index contributed by atoms with van der Waals surface area (Å²) in [6.07, 6.45) is 55.7. The number of hydrogen-bond donors (Lipinski definition) is 4. The maximum atomic E-state index is 12.9. The third-order valence-corrected chi connectivity index (χ3v) is 15.1. The molecule has 0 amide bonds. The lowest BCUT2D eigenvalue weighted by atomic mass is 10.0. The minimum atomic E-state index is -4.91. The summed E-state index contributed by atoms with van der Waals surface area (Å²) in [5.41, 5.74) is 0. The molecule has 472 valence electrons. The number of carbonyl (C=O) groups is 3. The highest BCUT2D eigenvalue weighted by atomic mass is 31.2. The predicted octanol–water partition coefficient (Wildman–Crippen LogP) is 16.6. The summed E-state index contributed by atoms with van der Waals surface area (Å²) in [4.78, 5) is 58.1. The van der Waals surface area contributed by atoms with Gasteiger partial charge in [0.25, 0.3) is 0 Å². The minimum Gasteiger partial charge on any atom is -0.463 e. The Kier molecular flexibility index (Phi) is 55.7. The quantitative estimate of drug-likeness (QED) is 0.0146. The summed E-state index contributed by atoms with van der Waals surface area (Å²) >= 11 is 0. The first-order valence-electron chi connectivity index (χ1n) is 31.6. The summed E-state index contributed by atoms with van der Waals surface area (Å²) in [6.45, 7) is 2.52. The molecule has 18 heteroatoms. The monoisotopic (exact) mass is 1190 g/mol. The lowest BCUT2D eigenvalue weighted by Gasteiger charge is -2.21. The van der Waals surface area contributed by atoms with Crippen molar-refractivity contribution >= 4 is 33.6 Å². The van der Waals surface area contributed by atoms with Gasteiger partial charge in [-0.25, -0.2) is 9.13 Å². The fourth-order valence-corrected chi connectivity index (χ4v) is 9.96. The molecule has 0 aliphatic heterocycles. The molecule has 5 atom stereocenters. The Bertz CT molecular complexity index is 1730. The van der Waals surface area contributed by atoms with Crippen molar-refractivity contribution in [1.82, 2.24) is 0 Å². The van der Waals surface area contributed by atoms with E-state index in [0.29, 0.717) is 19.3 Å². The molecule has 0 aromatic rings. The second kappa shape index (κ2) is 57.7. The molecule has 0 rings (SSSR count). The molecule has 81 heavy (non-hydrogen) atoms. The molecule has 4 N–H and O–H groups in total. The molecule has 0 aliphatic rings. The number of ether oxygens (including phenoxy) is 3. The smallest absolute Gasteiger partial charge is 0.463 e. The van der Waals surface area contributed by atoms with E-state index in [9.17, 15) is 43.5 Å². The van der Waals surface area contributed by atoms with Gasteiger partial charge >= 0.3 is 33.6 Å². The highest BCUT2D eigenvalue weighted by Crippen LogP contribution is 2.45. The standard InChI is InChI=1S/C63H114O16P2/c1-4-7-10-13-16-19-22-25-26-27-28-29-30-33-35-37-40-43-46-49-61(66)73-52-58(64)53-75-80(69,70)76-54-59(65)55-77-81(71,72)78-57-60(79-63(68)51-48-45-42-39-36-32-24-21-18-15-12-9-6-3)56-74-62(67)50-47-44-41-38-34-31-23-20-17-14-11-8-5-2/h7,10,16,19-20,23,25-26,28-29,58-60,64-65H,4-6,8-9,11-15,17-18,21-22,24,27,30-57H2,1-3H3,(H,69,70)(H,71,72)/b10-7-,19-16-,23-20-,26-25-,29-28-. The van der Waals surface area contributed by atoms with Gasteiger partial charge in [-0.15, -0.1) is 0 Å². The van der Waals surface area contributed by atoms with Crippen LogP contribution in [0.3, 0.4) is 0 Å². The van der Waals surface area contributed by atoms with E-state index >= 15 is 0 Å². The van der Waals surface area contributed by atoms with E-state index in [1.807, 2.05) is 0 Å². The molecule has 0 bridgehead atoms. The van der Waals surface area contributed by atoms with Crippen molar-refractivity contribution in [2.24, 2.45) is 0 Å². The number of aliphatic hydroxyl groups is 2. The number of aliphatic hydroxyl groups excluding tert-OH is 2. The Morgan fingerprint density at radius 2 is 0.654 bits per heavy atom. The number of hydrogen-bond acceptors (Lipinski definition) is 14. The van der Waals surface area contributed by atoms with Crippen LogP contribution in [-0.2, 0) is 55.8 Å². The molecule has 16 nitrogen and oxygen atoms in total. The first kappa shape index (κ1) is 78.2. The molecule has 0 radical (unpaired) electrons. The van der Waals surface area contributed by atoms with Crippen molar-refractivity contribution in [2.75, 3.05) is 39.6 Å². The molecular formula is C63H114O16P2. The zero-order valence-corrected chi connectivity index (χ0v) is 52.5. The van der Waals surface area contributed by atoms with Gasteiger partial charge in [0.2, 0.25) is 0 Å². The number of phosphoric acid groups is 2. The van der Waals surface area contributed by atoms with Gasteiger partial charge in [0.1, 0.15) is 25.4 Å². The van der Waals surface area contributed by atoms with E-state index in [0.717, 1.165) is 128 Å². The van der Waals surface area contributed by atoms with E-state index in [1.165, 1.54) is 77.0 Å². The molecule has 5 unspecified atom stereocenters. The van der Waals surface area contributed by atoms with Crippen molar-refractivity contribution in [3.8, 4) is 0 Å². The average Bonchev–Trinajstić information content (AvgIpc) is 3.45. The zero-order chi connectivity index (χ0) is 59.6. The van der Waals surface area contributed by atoms with E-state index in [-0.39, 0.29) is 19.3 Å². The third-order valence-electron chi connectivity index (χ3n) is 13.2. The predicted molar refractivity (Wildman–Crippen MR) is 325 cm³/mol. The van der Waals surface area contributed by atoms with Crippen molar-refractivity contribution in [3.63, 3.8) is 0 Å². The summed E-state index contributed by atoms with van der Waals surface area (Å²) in [5, 5.41) is 20.5. The number of esters is 3. The first-order chi connectivity index (χ1) is 39.2. The van der Waals surface area contributed by atoms with Crippen LogP contribution in [0.1, 0.15) is 265 Å². The van der Waals surface area contributed by atoms with Crippen LogP contribution in [0.4, 0.5) is 0 Å². The molecule has 0 saturated carbocycles. The second-order valence-electron chi connectivity index (χ2n) is 21.2. The number of allylic oxidation sites excluding steroid dienone is 10. The van der Waals surface area contributed by atoms with Gasteiger partial charge in [0.15, 0.2) is 6.10 Å². The molecule has 0 saturated heterocycles. The van der Waals surface area contributed by atoms with Crippen molar-refractivity contribution in [3.05, 3.63) is 60.8 Å². The maximum Gasteiger partial charge on any atom is 0.472 e. The van der Waals surface area contributed by atoms with Crippen LogP contribution in [-0.4, -0.2) is 95.9 Å². The fraction of sp³-hybridized carbons (Fsp3) is 0.794. The SMILES string of the molecule is CC/C=C\C/C=C\C/C=C\C/C=C\CCCCCCCCC(=O)OCC(O)COP(=O)(O)OCC(O)COP(=O)(O)OCC(COC(=O)CCCCCCC/C=C\CCCCCC)OC(=O)CCCCCCCCCCCCCCC. The Hall–Kier alpha value is -2.75. The summed E-state index contributed by atoms with van der Waals surface area (Å²) in [7, 11) is -9.76. The lowest BCUT2D eigenvalue weighted by Crippen LogP contribution is -2.30. The van der Waals surface area contributed by atoms with E-state index in [4.69, 9.17) is 32.3 Å². The highest BCUT2D eigenvalue weighted by molar-refractivity contribution is 7.47. The number of carbonyl (C=O) groups excluding carboxylic acids is 3. The van der Waals surface area contributed by atoms with Gasteiger partial charge in [-0.1, -0.05) is 223 Å². The van der Waals surface area contributed by atoms with Gasteiger partial charge in [-0.05, 0) is 83.5 Å². The average molecular weight is 1190 g/mol. The van der Waals surface area contributed by atoms with Gasteiger partial charge in [0, 0.05) is 19.3 Å². The molecule has 0 heterocycles. The van der Waals surface area contributed by atoms with E-state index in [2.05, 4.69) is 81.5 Å². The van der Waals surface area contributed by atoms with Crippen molar-refractivity contribution in [1.29, 1.82) is 0 Å². The Balaban J connectivity index is 4.62. The van der Waals surface area contributed by atoms with Crippen molar-refractivity contribution in [2.45, 2.75) is 283 Å². The number of unbranched alkanes of at least 4 members (excludes halogenated alkanes) is 27. The van der Waals surface area contributed by atoms with Crippen LogP contribution in [0.15, 0.2) is 60.8 Å². The maximum absolute atomic E-state index is 12.9. The highest BCUT2D eigenvalue weighted by Gasteiger charge is 2.29. The first-order valence-corrected chi connectivity index (χ1v) is 34.6. The van der Waals surface area contributed by atoms with Gasteiger partial charge in [-0.3, -0.25) is 32.5 Å². The summed E-state index contributed by atoms with van der Waals surface area (Å²) in [6, 6.07) is 0. The fourth-order valence-electron chi connectivity index (χ4n) is 8.38. The molecule has 0 aromatic heterocycles. The number of phosphoric ester groups is 2. The van der Waals surface area contributed by atoms with Crippen LogP contribution in [0.25, 0.3) is 0 Å². The van der Waals surface area contributed by atoms with Gasteiger partial charge in [0.05, 0.1) is 26.4 Å². The normalized spacial score (nSPS) is 14.8. The molecule has 0 spiro atoms. The van der Waals surface area contributed by atoms with E-state index < -0.39 is 91.5 Å². The van der Waals surface area contributed by atoms with Crippen LogP contribution < -0.4 is 0 Å². The van der Waals surface area contributed by atoms with Crippen LogP contribution in [0, 0.1) is 0 Å². The van der Waals surface area contributed by atoms with Crippen LogP contribution >= 0.6 is 15.6 Å². The molecular weight excluding hydrogens is 1070 g/mol. The Morgan fingerprint density at radius 1 is 0.358 bits per heavy atom. The molecule has 0 fully saturated rings. The second-order valence-corrected chi connectivity index (χ2v) is 24.1. The number of rotatable bonds is 60. The van der Waals surface area contributed by atoms with Gasteiger partial charge in [-0.2, -0.15) is 0 Å². The lowest BCUT2D eigenvalue weighted by molar-refractivity contribution is -0.161. The minimum absolute atomic E-state index is 0.108. The van der Waals surface area contributed by atoms with Crippen molar-refractivity contribution < 1.29 is 75.8 Å². The van der Waals surface area contributed by atoms with Crippen LogP contribution in [0.2, 0.25) is 0 Å². The third kappa shape index (κ3) is 58.8. The zero-order valence-electron chi connectivity index (χ0n) is 50.7.